The van der Waals surface area contributed by atoms with Crippen LogP contribution < -0.4 is 5.32 Å². The first-order valence-corrected chi connectivity index (χ1v) is 10.3. The minimum Gasteiger partial charge on any atom is -0.379 e. The third-order valence-corrected chi connectivity index (χ3v) is 6.56. The standard InChI is InChI=1S/C18H25NO2S2/c1-12(2)21-9-5-8-19-18(20)17-10-16-14(11-22-17)13-6-3-4-7-15(13)23-16/h10,12H,3-9,11H2,1-2H3,(H,19,20). The Morgan fingerprint density at radius 3 is 2.96 bits per heavy atom. The van der Waals surface area contributed by atoms with Gasteiger partial charge in [0, 0.05) is 28.7 Å². The predicted molar refractivity (Wildman–Crippen MR) is 98.9 cm³/mol. The monoisotopic (exact) mass is 351 g/mol. The van der Waals surface area contributed by atoms with E-state index in [-0.39, 0.29) is 12.0 Å². The zero-order valence-electron chi connectivity index (χ0n) is 13.9. The van der Waals surface area contributed by atoms with Crippen LogP contribution in [0.4, 0.5) is 0 Å². The minimum absolute atomic E-state index is 0.0663. The third-order valence-electron chi connectivity index (χ3n) is 4.23. The Bertz CT molecular complexity index is 604. The zero-order chi connectivity index (χ0) is 16.2. The summed E-state index contributed by atoms with van der Waals surface area (Å²) in [7, 11) is 0. The molecule has 0 spiro atoms. The first kappa shape index (κ1) is 17.1. The van der Waals surface area contributed by atoms with Crippen LogP contribution in [0.1, 0.15) is 54.0 Å². The summed E-state index contributed by atoms with van der Waals surface area (Å²) >= 11 is 3.59. The number of carbonyl (C=O) groups is 1. The molecule has 0 atom stereocenters. The number of thioether (sulfide) groups is 1. The SMILES string of the molecule is CC(C)OCCCNC(=O)C1=Cc2sc3c(c2CS1)CCCC3. The second kappa shape index (κ2) is 7.86. The van der Waals surface area contributed by atoms with Gasteiger partial charge in [-0.3, -0.25) is 4.79 Å². The van der Waals surface area contributed by atoms with Gasteiger partial charge in [-0.15, -0.1) is 23.1 Å². The van der Waals surface area contributed by atoms with E-state index < -0.39 is 0 Å². The van der Waals surface area contributed by atoms with Crippen molar-refractivity contribution in [3.63, 3.8) is 0 Å². The second-order valence-corrected chi connectivity index (χ2v) is 8.53. The summed E-state index contributed by atoms with van der Waals surface area (Å²) < 4.78 is 5.49. The summed E-state index contributed by atoms with van der Waals surface area (Å²) in [5, 5.41) is 3.02. The van der Waals surface area contributed by atoms with Crippen molar-refractivity contribution in [2.75, 3.05) is 13.2 Å². The normalized spacial score (nSPS) is 16.7. The van der Waals surface area contributed by atoms with E-state index in [2.05, 4.69) is 11.4 Å². The van der Waals surface area contributed by atoms with Gasteiger partial charge in [0.1, 0.15) is 0 Å². The van der Waals surface area contributed by atoms with Crippen molar-refractivity contribution in [3.05, 3.63) is 25.8 Å². The highest BCUT2D eigenvalue weighted by atomic mass is 32.2. The highest BCUT2D eigenvalue weighted by Crippen LogP contribution is 2.42. The van der Waals surface area contributed by atoms with Gasteiger partial charge >= 0.3 is 0 Å². The summed E-state index contributed by atoms with van der Waals surface area (Å²) in [6, 6.07) is 0. The minimum atomic E-state index is 0.0663. The summed E-state index contributed by atoms with van der Waals surface area (Å²) in [6.07, 6.45) is 8.30. The van der Waals surface area contributed by atoms with Gasteiger partial charge in [-0.1, -0.05) is 0 Å². The van der Waals surface area contributed by atoms with Gasteiger partial charge in [0.15, 0.2) is 0 Å². The van der Waals surface area contributed by atoms with Crippen LogP contribution in [-0.4, -0.2) is 25.2 Å². The molecule has 3 nitrogen and oxygen atoms in total. The van der Waals surface area contributed by atoms with Crippen LogP contribution in [-0.2, 0) is 28.1 Å². The lowest BCUT2D eigenvalue weighted by molar-refractivity contribution is -0.116. The topological polar surface area (TPSA) is 38.3 Å². The number of rotatable bonds is 6. The lowest BCUT2D eigenvalue weighted by Gasteiger charge is -2.16. The van der Waals surface area contributed by atoms with E-state index in [0.717, 1.165) is 17.1 Å². The van der Waals surface area contributed by atoms with Crippen molar-refractivity contribution in [2.24, 2.45) is 0 Å². The molecule has 1 aromatic heterocycles. The lowest BCUT2D eigenvalue weighted by atomic mass is 9.95. The van der Waals surface area contributed by atoms with Gasteiger partial charge in [0.25, 0.3) is 5.91 Å². The molecule has 0 saturated carbocycles. The van der Waals surface area contributed by atoms with Crippen molar-refractivity contribution in [2.45, 2.75) is 57.8 Å². The Hall–Kier alpha value is -0.780. The number of nitrogens with one attached hydrogen (secondary N) is 1. The molecule has 0 unspecified atom stereocenters. The number of thiophene rings is 1. The third kappa shape index (κ3) is 4.20. The van der Waals surface area contributed by atoms with E-state index in [4.69, 9.17) is 4.74 Å². The van der Waals surface area contributed by atoms with Gasteiger partial charge in [-0.05, 0) is 63.2 Å². The Morgan fingerprint density at radius 2 is 2.13 bits per heavy atom. The summed E-state index contributed by atoms with van der Waals surface area (Å²) in [6.45, 7) is 5.43. The van der Waals surface area contributed by atoms with Crippen LogP contribution >= 0.6 is 23.1 Å². The number of amides is 1. The quantitative estimate of drug-likeness (QED) is 0.783. The molecule has 1 aliphatic heterocycles. The molecule has 0 saturated heterocycles. The number of hydrogen-bond acceptors (Lipinski definition) is 4. The average molecular weight is 352 g/mol. The Morgan fingerprint density at radius 1 is 1.30 bits per heavy atom. The van der Waals surface area contributed by atoms with Crippen LogP contribution in [0.2, 0.25) is 0 Å². The molecule has 1 aliphatic carbocycles. The van der Waals surface area contributed by atoms with E-state index in [1.54, 1.807) is 22.2 Å². The predicted octanol–water partition coefficient (Wildman–Crippen LogP) is 4.15. The second-order valence-electron chi connectivity index (χ2n) is 6.38. The van der Waals surface area contributed by atoms with Crippen molar-refractivity contribution >= 4 is 35.1 Å². The highest BCUT2D eigenvalue weighted by Gasteiger charge is 2.24. The van der Waals surface area contributed by atoms with Gasteiger partial charge in [0.05, 0.1) is 11.0 Å². The largest absolute Gasteiger partial charge is 0.379 e. The molecule has 126 valence electrons. The van der Waals surface area contributed by atoms with Crippen molar-refractivity contribution in [3.8, 4) is 0 Å². The molecule has 1 amide bonds. The molecule has 23 heavy (non-hydrogen) atoms. The van der Waals surface area contributed by atoms with Gasteiger partial charge in [-0.2, -0.15) is 0 Å². The fourth-order valence-electron chi connectivity index (χ4n) is 3.05. The number of ether oxygens (including phenoxy) is 1. The van der Waals surface area contributed by atoms with Crippen LogP contribution in [0.25, 0.3) is 6.08 Å². The maximum Gasteiger partial charge on any atom is 0.257 e. The Balaban J connectivity index is 1.56. The molecule has 1 aromatic rings. The molecule has 0 bridgehead atoms. The number of carbonyl (C=O) groups excluding carboxylic acids is 1. The highest BCUT2D eigenvalue weighted by molar-refractivity contribution is 8.03. The maximum absolute atomic E-state index is 12.3. The van der Waals surface area contributed by atoms with Crippen LogP contribution in [0.15, 0.2) is 4.91 Å². The molecule has 1 N–H and O–H groups in total. The first-order valence-electron chi connectivity index (χ1n) is 8.53. The van der Waals surface area contributed by atoms with E-state index in [9.17, 15) is 4.79 Å². The van der Waals surface area contributed by atoms with Gasteiger partial charge in [0.2, 0.25) is 0 Å². The fraction of sp³-hybridized carbons (Fsp3) is 0.611. The molecule has 0 radical (unpaired) electrons. The van der Waals surface area contributed by atoms with Crippen LogP contribution in [0.3, 0.4) is 0 Å². The van der Waals surface area contributed by atoms with E-state index >= 15 is 0 Å². The van der Waals surface area contributed by atoms with Crippen molar-refractivity contribution in [1.82, 2.24) is 5.32 Å². The van der Waals surface area contributed by atoms with E-state index in [1.807, 2.05) is 25.2 Å². The van der Waals surface area contributed by atoms with Gasteiger partial charge < -0.3 is 10.1 Å². The van der Waals surface area contributed by atoms with Gasteiger partial charge in [-0.25, -0.2) is 0 Å². The summed E-state index contributed by atoms with van der Waals surface area (Å²) in [5.74, 6) is 1.02. The average Bonchev–Trinajstić information content (AvgIpc) is 2.91. The molecular formula is C18H25NO2S2. The molecule has 0 aromatic carbocycles. The first-order chi connectivity index (χ1) is 11.1. The van der Waals surface area contributed by atoms with E-state index in [0.29, 0.717) is 13.2 Å². The lowest BCUT2D eigenvalue weighted by Crippen LogP contribution is -2.26. The molecule has 0 fully saturated rings. The van der Waals surface area contributed by atoms with E-state index in [1.165, 1.54) is 36.1 Å². The van der Waals surface area contributed by atoms with Crippen LogP contribution in [0.5, 0.6) is 0 Å². The summed E-state index contributed by atoms with van der Waals surface area (Å²) in [4.78, 5) is 16.1. The van der Waals surface area contributed by atoms with Crippen LogP contribution in [0, 0.1) is 0 Å². The van der Waals surface area contributed by atoms with Crippen molar-refractivity contribution in [1.29, 1.82) is 0 Å². The fourth-order valence-corrected chi connectivity index (χ4v) is 5.60. The summed E-state index contributed by atoms with van der Waals surface area (Å²) in [5.41, 5.74) is 3.09. The number of hydrogen-bond donors (Lipinski definition) is 1. The Kier molecular flexibility index (Phi) is 5.83. The molecule has 5 heteroatoms. The smallest absolute Gasteiger partial charge is 0.257 e. The number of fused-ring (bicyclic) bond motifs is 3. The number of aryl methyl sites for hydroxylation is 1. The zero-order valence-corrected chi connectivity index (χ0v) is 15.6. The molecular weight excluding hydrogens is 326 g/mol. The molecule has 2 aliphatic rings. The Labute approximate surface area is 146 Å². The molecule has 3 rings (SSSR count). The maximum atomic E-state index is 12.3. The van der Waals surface area contributed by atoms with Crippen molar-refractivity contribution < 1.29 is 9.53 Å². The molecule has 2 heterocycles.